The van der Waals surface area contributed by atoms with Crippen LogP contribution >= 0.6 is 22.6 Å². The fourth-order valence-electron chi connectivity index (χ4n) is 2.86. The third kappa shape index (κ3) is 4.20. The Morgan fingerprint density at radius 2 is 2.00 bits per heavy atom. The highest BCUT2D eigenvalue weighted by molar-refractivity contribution is 14.1. The Labute approximate surface area is 144 Å². The summed E-state index contributed by atoms with van der Waals surface area (Å²) < 4.78 is 26.0. The number of carbonyl (C=O) groups excluding carboxylic acids is 1. The van der Waals surface area contributed by atoms with Gasteiger partial charge >= 0.3 is 0 Å². The molecule has 1 saturated carbocycles. The monoisotopic (exact) mass is 432 g/mol. The van der Waals surface area contributed by atoms with Gasteiger partial charge in [0.25, 0.3) is 0 Å². The van der Waals surface area contributed by atoms with Gasteiger partial charge in [0, 0.05) is 9.49 Å². The quantitative estimate of drug-likeness (QED) is 0.571. The van der Waals surface area contributed by atoms with Crippen molar-refractivity contribution in [2.24, 2.45) is 11.8 Å². The van der Waals surface area contributed by atoms with Crippen LogP contribution in [0.5, 0.6) is 0 Å². The third-order valence-electron chi connectivity index (χ3n) is 3.94. The van der Waals surface area contributed by atoms with E-state index >= 15 is 0 Å². The van der Waals surface area contributed by atoms with Crippen LogP contribution in [0.4, 0.5) is 0 Å². The van der Waals surface area contributed by atoms with E-state index in [0.717, 1.165) is 16.4 Å². The first-order chi connectivity index (χ1) is 10.4. The van der Waals surface area contributed by atoms with Crippen molar-refractivity contribution >= 4 is 38.3 Å². The number of carbonyl (C=O) groups is 1. The van der Waals surface area contributed by atoms with Crippen LogP contribution in [-0.4, -0.2) is 26.6 Å². The van der Waals surface area contributed by atoms with E-state index in [1.165, 1.54) is 0 Å². The normalized spacial score (nSPS) is 21.3. The molecule has 0 unspecified atom stereocenters. The van der Waals surface area contributed by atoms with Gasteiger partial charge in [-0.25, -0.2) is 8.42 Å². The molecule has 1 N–H and O–H groups in total. The van der Waals surface area contributed by atoms with Gasteiger partial charge in [-0.3, -0.25) is 4.79 Å². The Morgan fingerprint density at radius 1 is 1.32 bits per heavy atom. The van der Waals surface area contributed by atoms with E-state index in [1.807, 2.05) is 6.07 Å². The Hall–Kier alpha value is -1.14. The summed E-state index contributed by atoms with van der Waals surface area (Å²) in [5, 5.41) is 11.1. The Morgan fingerprint density at radius 3 is 2.64 bits per heavy atom. The summed E-state index contributed by atoms with van der Waals surface area (Å²) in [5.74, 6) is -0.713. The second kappa shape index (κ2) is 7.42. The molecule has 0 saturated heterocycles. The smallest absolute Gasteiger partial charge is 0.224 e. The van der Waals surface area contributed by atoms with Crippen molar-refractivity contribution < 1.29 is 13.2 Å². The minimum Gasteiger partial charge on any atom is -0.343 e. The van der Waals surface area contributed by atoms with Gasteiger partial charge in [-0.15, -0.1) is 0 Å². The molecule has 0 spiro atoms. The van der Waals surface area contributed by atoms with Crippen LogP contribution in [0.3, 0.4) is 0 Å². The Bertz CT molecular complexity index is 680. The summed E-state index contributed by atoms with van der Waals surface area (Å²) in [6, 6.07) is 8.61. The number of rotatable bonds is 5. The molecule has 1 amide bonds. The molecule has 1 aliphatic rings. The molecule has 0 heterocycles. The minimum absolute atomic E-state index is 0.0156. The van der Waals surface area contributed by atoms with E-state index in [-0.39, 0.29) is 30.0 Å². The van der Waals surface area contributed by atoms with Gasteiger partial charge in [-0.1, -0.05) is 6.42 Å². The van der Waals surface area contributed by atoms with E-state index < -0.39 is 9.84 Å². The zero-order chi connectivity index (χ0) is 16.2. The average molecular weight is 432 g/mol. The number of sulfone groups is 1. The molecular formula is C15H17IN2O3S. The fraction of sp³-hybridized carbons (Fsp3) is 0.467. The lowest BCUT2D eigenvalue weighted by atomic mass is 9.97. The van der Waals surface area contributed by atoms with E-state index in [1.54, 1.807) is 24.3 Å². The molecule has 7 heteroatoms. The van der Waals surface area contributed by atoms with Crippen molar-refractivity contribution in [2.45, 2.75) is 24.2 Å². The molecule has 5 nitrogen and oxygen atoms in total. The summed E-state index contributed by atoms with van der Waals surface area (Å²) in [6.07, 6.45) is 2.26. The van der Waals surface area contributed by atoms with Gasteiger partial charge in [0.15, 0.2) is 9.84 Å². The lowest BCUT2D eigenvalue weighted by molar-refractivity contribution is -0.125. The molecule has 0 aromatic heterocycles. The number of hydrogen-bond acceptors (Lipinski definition) is 4. The molecule has 1 aromatic rings. The molecule has 22 heavy (non-hydrogen) atoms. The lowest BCUT2D eigenvalue weighted by Gasteiger charge is -2.18. The maximum atomic E-state index is 12.5. The molecule has 0 bridgehead atoms. The van der Waals surface area contributed by atoms with E-state index in [4.69, 9.17) is 5.26 Å². The third-order valence-corrected chi connectivity index (χ3v) is 6.52. The van der Waals surface area contributed by atoms with E-state index in [2.05, 4.69) is 27.9 Å². The zero-order valence-corrected chi connectivity index (χ0v) is 14.9. The number of amides is 1. The predicted octanol–water partition coefficient (Wildman–Crippen LogP) is 2.12. The number of nitriles is 1. The van der Waals surface area contributed by atoms with Crippen LogP contribution < -0.4 is 5.32 Å². The van der Waals surface area contributed by atoms with Gasteiger partial charge in [-0.2, -0.15) is 5.26 Å². The second-order valence-corrected chi connectivity index (χ2v) is 8.69. The minimum atomic E-state index is -3.40. The Kier molecular flexibility index (Phi) is 5.81. The zero-order valence-electron chi connectivity index (χ0n) is 12.0. The van der Waals surface area contributed by atoms with Crippen LogP contribution in [0.25, 0.3) is 0 Å². The molecule has 0 aliphatic heterocycles. The molecule has 2 rings (SSSR count). The molecule has 1 fully saturated rings. The van der Waals surface area contributed by atoms with Gasteiger partial charge in [0.2, 0.25) is 5.91 Å². The molecule has 1 aliphatic carbocycles. The maximum absolute atomic E-state index is 12.5. The van der Waals surface area contributed by atoms with Crippen LogP contribution in [0.15, 0.2) is 29.2 Å². The predicted molar refractivity (Wildman–Crippen MR) is 90.7 cm³/mol. The number of halogens is 1. The maximum Gasteiger partial charge on any atom is 0.224 e. The van der Waals surface area contributed by atoms with Crippen molar-refractivity contribution in [3.8, 4) is 6.07 Å². The van der Waals surface area contributed by atoms with Crippen molar-refractivity contribution in [2.75, 3.05) is 12.3 Å². The number of benzene rings is 1. The van der Waals surface area contributed by atoms with Crippen LogP contribution in [0.2, 0.25) is 0 Å². The first kappa shape index (κ1) is 17.2. The highest BCUT2D eigenvalue weighted by Crippen LogP contribution is 2.34. The summed E-state index contributed by atoms with van der Waals surface area (Å²) >= 11 is 2.13. The van der Waals surface area contributed by atoms with Crippen LogP contribution in [-0.2, 0) is 14.6 Å². The van der Waals surface area contributed by atoms with Gasteiger partial charge < -0.3 is 5.32 Å². The lowest BCUT2D eigenvalue weighted by Crippen LogP contribution is -2.35. The Balaban J connectivity index is 2.09. The molecular weight excluding hydrogens is 415 g/mol. The van der Waals surface area contributed by atoms with E-state index in [9.17, 15) is 13.2 Å². The van der Waals surface area contributed by atoms with Gasteiger partial charge in [0.1, 0.15) is 6.54 Å². The molecule has 1 aromatic carbocycles. The largest absolute Gasteiger partial charge is 0.343 e. The first-order valence-corrected chi connectivity index (χ1v) is 9.80. The number of nitrogens with one attached hydrogen (secondary N) is 1. The highest BCUT2D eigenvalue weighted by Gasteiger charge is 2.36. The molecule has 2 atom stereocenters. The van der Waals surface area contributed by atoms with Crippen molar-refractivity contribution in [3.05, 3.63) is 27.8 Å². The molecule has 118 valence electrons. The summed E-state index contributed by atoms with van der Waals surface area (Å²) in [5.41, 5.74) is 0. The SMILES string of the molecule is N#CCNC(=O)[C@H]1CCC[C@@H]1CS(=O)(=O)c1ccc(I)cc1. The van der Waals surface area contributed by atoms with Crippen molar-refractivity contribution in [1.29, 1.82) is 5.26 Å². The first-order valence-electron chi connectivity index (χ1n) is 7.07. The van der Waals surface area contributed by atoms with Crippen molar-refractivity contribution in [3.63, 3.8) is 0 Å². The topological polar surface area (TPSA) is 87.0 Å². The second-order valence-electron chi connectivity index (χ2n) is 5.41. The number of nitrogens with zero attached hydrogens (tertiary/aromatic N) is 1. The summed E-state index contributed by atoms with van der Waals surface area (Å²) in [7, 11) is -3.40. The van der Waals surface area contributed by atoms with Gasteiger partial charge in [0.05, 0.1) is 16.7 Å². The van der Waals surface area contributed by atoms with Crippen LogP contribution in [0, 0.1) is 26.7 Å². The van der Waals surface area contributed by atoms with Gasteiger partial charge in [-0.05, 0) is 65.6 Å². The molecule has 0 radical (unpaired) electrons. The fourth-order valence-corrected chi connectivity index (χ4v) is 4.92. The average Bonchev–Trinajstić information content (AvgIpc) is 2.92. The van der Waals surface area contributed by atoms with Crippen LogP contribution in [0.1, 0.15) is 19.3 Å². The highest BCUT2D eigenvalue weighted by atomic mass is 127. The standard InChI is InChI=1S/C15H17IN2O3S/c16-12-4-6-13(7-5-12)22(20,21)10-11-2-1-3-14(11)15(19)18-9-8-17/h4-7,11,14H,1-3,9-10H2,(H,18,19)/t11-,14+/m1/s1. The van der Waals surface area contributed by atoms with Crippen molar-refractivity contribution in [1.82, 2.24) is 5.32 Å². The summed E-state index contributed by atoms with van der Waals surface area (Å²) in [4.78, 5) is 12.3. The number of hydrogen-bond donors (Lipinski definition) is 1. The van der Waals surface area contributed by atoms with E-state index in [0.29, 0.717) is 11.3 Å². The summed E-state index contributed by atoms with van der Waals surface area (Å²) in [6.45, 7) is -0.0358.